The first-order chi connectivity index (χ1) is 12.1. The molecule has 1 unspecified atom stereocenters. The fourth-order valence-corrected chi connectivity index (χ4v) is 3.24. The van der Waals surface area contributed by atoms with Crippen molar-refractivity contribution in [2.24, 2.45) is 0 Å². The average Bonchev–Trinajstić information content (AvgIpc) is 2.62. The third-order valence-electron chi connectivity index (χ3n) is 4.38. The number of piperidine rings is 1. The first-order valence-corrected chi connectivity index (χ1v) is 8.68. The van der Waals surface area contributed by atoms with Crippen LogP contribution >= 0.6 is 0 Å². The van der Waals surface area contributed by atoms with Gasteiger partial charge in [-0.3, -0.25) is 9.78 Å². The molecule has 1 fully saturated rings. The molecule has 2 aromatic rings. The Morgan fingerprint density at radius 1 is 1.32 bits per heavy atom. The van der Waals surface area contributed by atoms with Crippen molar-refractivity contribution in [3.05, 3.63) is 54.0 Å². The minimum absolute atomic E-state index is 0.00319. The first kappa shape index (κ1) is 17.4. The maximum atomic E-state index is 12.8. The van der Waals surface area contributed by atoms with Gasteiger partial charge in [0, 0.05) is 43.6 Å². The fraction of sp³-hybridized carbons (Fsp3) is 0.421. The Morgan fingerprint density at radius 3 is 2.92 bits per heavy atom. The van der Waals surface area contributed by atoms with Crippen LogP contribution in [-0.4, -0.2) is 54.0 Å². The number of amides is 1. The Morgan fingerprint density at radius 2 is 2.16 bits per heavy atom. The number of hydrogen-bond donors (Lipinski definition) is 1. The Labute approximate surface area is 148 Å². The quantitative estimate of drug-likeness (QED) is 0.902. The van der Waals surface area contributed by atoms with Crippen LogP contribution in [0.3, 0.4) is 0 Å². The standard InChI is InChI=1S/C19H25N5O/c1-23(2)13-15-6-3-4-8-17(15)19(25)22-16-7-5-11-24(14-16)18-12-20-9-10-21-18/h3-4,6,8-10,12,16H,5,7,11,13-14H2,1-2H3,(H,22,25). The third-order valence-corrected chi connectivity index (χ3v) is 4.38. The maximum absolute atomic E-state index is 12.8. The van der Waals surface area contributed by atoms with E-state index in [1.807, 2.05) is 38.4 Å². The van der Waals surface area contributed by atoms with Crippen LogP contribution in [0.1, 0.15) is 28.8 Å². The van der Waals surface area contributed by atoms with Crippen LogP contribution in [0.4, 0.5) is 5.82 Å². The number of nitrogens with zero attached hydrogens (tertiary/aromatic N) is 4. The van der Waals surface area contributed by atoms with Crippen molar-refractivity contribution < 1.29 is 4.79 Å². The highest BCUT2D eigenvalue weighted by Crippen LogP contribution is 2.17. The smallest absolute Gasteiger partial charge is 0.251 e. The van der Waals surface area contributed by atoms with Crippen molar-refractivity contribution >= 4 is 11.7 Å². The predicted molar refractivity (Wildman–Crippen MR) is 98.6 cm³/mol. The normalized spacial score (nSPS) is 17.6. The summed E-state index contributed by atoms with van der Waals surface area (Å²) in [7, 11) is 4.02. The number of aromatic nitrogens is 2. The van der Waals surface area contributed by atoms with Crippen LogP contribution in [0, 0.1) is 0 Å². The van der Waals surface area contributed by atoms with Crippen molar-refractivity contribution in [1.29, 1.82) is 0 Å². The summed E-state index contributed by atoms with van der Waals surface area (Å²) in [4.78, 5) is 25.5. The van der Waals surface area contributed by atoms with Crippen molar-refractivity contribution in [2.45, 2.75) is 25.4 Å². The molecule has 25 heavy (non-hydrogen) atoms. The van der Waals surface area contributed by atoms with Crippen LogP contribution in [0.15, 0.2) is 42.9 Å². The van der Waals surface area contributed by atoms with Crippen LogP contribution in [0.25, 0.3) is 0 Å². The summed E-state index contributed by atoms with van der Waals surface area (Å²) in [5, 5.41) is 3.20. The van der Waals surface area contributed by atoms with Crippen molar-refractivity contribution in [1.82, 2.24) is 20.2 Å². The van der Waals surface area contributed by atoms with E-state index in [1.165, 1.54) is 0 Å². The van der Waals surface area contributed by atoms with Crippen molar-refractivity contribution in [3.8, 4) is 0 Å². The molecule has 0 bridgehead atoms. The lowest BCUT2D eigenvalue weighted by atomic mass is 10.0. The summed E-state index contributed by atoms with van der Waals surface area (Å²) >= 11 is 0. The van der Waals surface area contributed by atoms with Gasteiger partial charge in [0.2, 0.25) is 0 Å². The highest BCUT2D eigenvalue weighted by atomic mass is 16.1. The molecule has 132 valence electrons. The first-order valence-electron chi connectivity index (χ1n) is 8.68. The average molecular weight is 339 g/mol. The lowest BCUT2D eigenvalue weighted by molar-refractivity contribution is 0.0931. The van der Waals surface area contributed by atoms with Gasteiger partial charge >= 0.3 is 0 Å². The molecule has 0 spiro atoms. The summed E-state index contributed by atoms with van der Waals surface area (Å²) in [6.45, 7) is 2.46. The molecule has 0 saturated carbocycles. The van der Waals surface area contributed by atoms with Gasteiger partial charge in [-0.15, -0.1) is 0 Å². The maximum Gasteiger partial charge on any atom is 0.251 e. The van der Waals surface area contributed by atoms with Gasteiger partial charge in [0.1, 0.15) is 5.82 Å². The number of anilines is 1. The highest BCUT2D eigenvalue weighted by Gasteiger charge is 2.23. The van der Waals surface area contributed by atoms with E-state index in [9.17, 15) is 4.79 Å². The molecule has 1 atom stereocenters. The van der Waals surface area contributed by atoms with Gasteiger partial charge in [0.25, 0.3) is 5.91 Å². The van der Waals surface area contributed by atoms with Gasteiger partial charge in [0.15, 0.2) is 0 Å². The number of rotatable bonds is 5. The van der Waals surface area contributed by atoms with Crippen LogP contribution in [-0.2, 0) is 6.54 Å². The molecule has 1 amide bonds. The van der Waals surface area contributed by atoms with Gasteiger partial charge in [-0.1, -0.05) is 18.2 Å². The number of carbonyl (C=O) groups is 1. The van der Waals surface area contributed by atoms with Gasteiger partial charge in [-0.2, -0.15) is 0 Å². The molecule has 6 nitrogen and oxygen atoms in total. The molecule has 1 aliphatic rings. The molecule has 0 radical (unpaired) electrons. The van der Waals surface area contributed by atoms with Crippen LogP contribution in [0.5, 0.6) is 0 Å². The molecule has 0 aliphatic carbocycles. The largest absolute Gasteiger partial charge is 0.353 e. The zero-order valence-corrected chi connectivity index (χ0v) is 14.9. The number of benzene rings is 1. The second kappa shape index (κ2) is 8.07. The minimum Gasteiger partial charge on any atom is -0.353 e. The van der Waals surface area contributed by atoms with Crippen molar-refractivity contribution in [2.75, 3.05) is 32.1 Å². The van der Waals surface area contributed by atoms with E-state index in [2.05, 4.69) is 25.1 Å². The van der Waals surface area contributed by atoms with Gasteiger partial charge in [0.05, 0.1) is 6.20 Å². The Kier molecular flexibility index (Phi) is 5.60. The lowest BCUT2D eigenvalue weighted by Crippen LogP contribution is -2.48. The number of carbonyl (C=O) groups excluding carboxylic acids is 1. The van der Waals surface area contributed by atoms with Gasteiger partial charge in [-0.05, 0) is 38.6 Å². The molecule has 2 heterocycles. The summed E-state index contributed by atoms with van der Waals surface area (Å²) in [5.41, 5.74) is 1.81. The molecular weight excluding hydrogens is 314 g/mol. The third kappa shape index (κ3) is 4.54. The lowest BCUT2D eigenvalue weighted by Gasteiger charge is -2.33. The van der Waals surface area contributed by atoms with E-state index in [0.717, 1.165) is 49.4 Å². The van der Waals surface area contributed by atoms with Crippen LogP contribution in [0.2, 0.25) is 0 Å². The number of nitrogens with one attached hydrogen (secondary N) is 1. The van der Waals surface area contributed by atoms with E-state index in [-0.39, 0.29) is 11.9 Å². The Bertz CT molecular complexity index is 704. The number of hydrogen-bond acceptors (Lipinski definition) is 5. The fourth-order valence-electron chi connectivity index (χ4n) is 3.24. The monoisotopic (exact) mass is 339 g/mol. The summed E-state index contributed by atoms with van der Waals surface area (Å²) in [6.07, 6.45) is 7.17. The Balaban J connectivity index is 1.67. The Hall–Kier alpha value is -2.47. The van der Waals surface area contributed by atoms with E-state index in [0.29, 0.717) is 0 Å². The molecule has 1 saturated heterocycles. The zero-order valence-electron chi connectivity index (χ0n) is 14.9. The molecule has 1 N–H and O–H groups in total. The molecule has 1 aromatic carbocycles. The van der Waals surface area contributed by atoms with E-state index in [1.54, 1.807) is 18.6 Å². The van der Waals surface area contributed by atoms with Gasteiger partial charge < -0.3 is 15.1 Å². The topological polar surface area (TPSA) is 61.4 Å². The second-order valence-electron chi connectivity index (χ2n) is 6.72. The van der Waals surface area contributed by atoms with Crippen LogP contribution < -0.4 is 10.2 Å². The van der Waals surface area contributed by atoms with Crippen molar-refractivity contribution in [3.63, 3.8) is 0 Å². The zero-order chi connectivity index (χ0) is 17.6. The molecule has 3 rings (SSSR count). The molecule has 1 aliphatic heterocycles. The summed E-state index contributed by atoms with van der Waals surface area (Å²) in [5.74, 6) is 0.873. The predicted octanol–water partition coefficient (Wildman–Crippen LogP) is 1.94. The molecule has 6 heteroatoms. The molecular formula is C19H25N5O. The van der Waals surface area contributed by atoms with Gasteiger partial charge in [-0.25, -0.2) is 4.98 Å². The highest BCUT2D eigenvalue weighted by molar-refractivity contribution is 5.95. The SMILES string of the molecule is CN(C)Cc1ccccc1C(=O)NC1CCCN(c2cnccn2)C1. The second-order valence-corrected chi connectivity index (χ2v) is 6.72. The molecule has 1 aromatic heterocycles. The summed E-state index contributed by atoms with van der Waals surface area (Å²) in [6, 6.07) is 7.93. The van der Waals surface area contributed by atoms with E-state index in [4.69, 9.17) is 0 Å². The minimum atomic E-state index is 0.00319. The summed E-state index contributed by atoms with van der Waals surface area (Å²) < 4.78 is 0. The van der Waals surface area contributed by atoms with E-state index < -0.39 is 0 Å². The van der Waals surface area contributed by atoms with E-state index >= 15 is 0 Å².